The minimum Gasteiger partial charge on any atom is -0.487 e. The van der Waals surface area contributed by atoms with Gasteiger partial charge >= 0.3 is 6.09 Å². The number of benzene rings is 2. The molecular formula is C39H45N5O9S. The summed E-state index contributed by atoms with van der Waals surface area (Å²) in [6.45, 7) is 10.7. The Balaban J connectivity index is 1.27. The SMILES string of the molecule is C=C[C@@H]1CC1(NC(=O)[C@@H]1CC2CN1C(=O)[C@H](C(C)(C)C)NC(=O)OC[C@H](C)Oc1cccc(c1)-c1cc3ccccc3nc1O2)C(=O)NS(=O)(=O)C1CC1. The summed E-state index contributed by atoms with van der Waals surface area (Å²) in [5, 5.41) is 5.73. The first-order chi connectivity index (χ1) is 25.6. The van der Waals surface area contributed by atoms with Crippen LogP contribution in [0.5, 0.6) is 11.6 Å². The molecular weight excluding hydrogens is 715 g/mol. The molecule has 3 N–H and O–H groups in total. The van der Waals surface area contributed by atoms with Crippen molar-refractivity contribution >= 4 is 44.7 Å². The molecule has 1 saturated heterocycles. The second-order valence-corrected chi connectivity index (χ2v) is 17.7. The zero-order chi connectivity index (χ0) is 38.6. The largest absolute Gasteiger partial charge is 0.487 e. The smallest absolute Gasteiger partial charge is 0.407 e. The predicted octanol–water partition coefficient (Wildman–Crippen LogP) is 3.84. The minimum atomic E-state index is -3.91. The van der Waals surface area contributed by atoms with Crippen LogP contribution < -0.4 is 24.8 Å². The minimum absolute atomic E-state index is 0.00429. The number of alkyl carbamates (subject to hydrolysis) is 1. The highest BCUT2D eigenvalue weighted by molar-refractivity contribution is 7.91. The molecule has 15 heteroatoms. The molecule has 1 aromatic heterocycles. The lowest BCUT2D eigenvalue weighted by atomic mass is 9.85. The molecule has 14 nitrogen and oxygen atoms in total. The average Bonchev–Trinajstić information content (AvgIpc) is 4.05. The van der Waals surface area contributed by atoms with Crippen LogP contribution in [0.3, 0.4) is 0 Å². The number of fused-ring (bicyclic) bond motifs is 7. The molecule has 0 radical (unpaired) electrons. The summed E-state index contributed by atoms with van der Waals surface area (Å²) >= 11 is 0. The van der Waals surface area contributed by atoms with Gasteiger partial charge in [-0.2, -0.15) is 0 Å². The van der Waals surface area contributed by atoms with Crippen molar-refractivity contribution in [2.75, 3.05) is 13.2 Å². The molecule has 286 valence electrons. The van der Waals surface area contributed by atoms with Crippen LogP contribution in [0.1, 0.15) is 53.4 Å². The van der Waals surface area contributed by atoms with Crippen molar-refractivity contribution in [2.45, 2.75) is 88.5 Å². The standard InChI is InChI=1S/C39H45N5O9S/c1-6-25-19-39(25,36(47)43-54(49,50)28-14-15-28)42-33(45)31-18-27-20-44(31)35(46)32(38(3,4)5)41-37(48)51-21-22(2)52-26-12-9-11-23(16-26)29-17-24-10-7-8-13-30(24)40-34(29)53-27/h6-13,16-17,22,25,27-28,31-32H,1,14-15,18-21H2,2-5H3,(H,41,48)(H,42,45)(H,43,47)/t22-,25+,27?,31-,32+,39?/m0/s1. The molecule has 2 aliphatic heterocycles. The normalized spacial score (nSPS) is 27.3. The molecule has 4 bridgehead atoms. The summed E-state index contributed by atoms with van der Waals surface area (Å²) in [5.74, 6) is -1.81. The van der Waals surface area contributed by atoms with Crippen molar-refractivity contribution < 1.29 is 41.8 Å². The molecule has 7 rings (SSSR count). The predicted molar refractivity (Wildman–Crippen MR) is 199 cm³/mol. The van der Waals surface area contributed by atoms with Crippen LogP contribution >= 0.6 is 0 Å². The lowest BCUT2D eigenvalue weighted by molar-refractivity contribution is -0.142. The van der Waals surface area contributed by atoms with Crippen molar-refractivity contribution in [2.24, 2.45) is 11.3 Å². The van der Waals surface area contributed by atoms with E-state index in [1.54, 1.807) is 33.8 Å². The maximum Gasteiger partial charge on any atom is 0.407 e. The Kier molecular flexibility index (Phi) is 9.57. The van der Waals surface area contributed by atoms with Gasteiger partial charge in [0.05, 0.1) is 17.3 Å². The molecule has 2 unspecified atom stereocenters. The summed E-state index contributed by atoms with van der Waals surface area (Å²) in [7, 11) is -3.91. The molecule has 0 spiro atoms. The Morgan fingerprint density at radius 2 is 1.83 bits per heavy atom. The number of hydrogen-bond donors (Lipinski definition) is 3. The van der Waals surface area contributed by atoms with Gasteiger partial charge in [-0.05, 0) is 61.4 Å². The lowest BCUT2D eigenvalue weighted by Crippen LogP contribution is -2.60. The Bertz CT molecular complexity index is 2130. The van der Waals surface area contributed by atoms with E-state index in [0.29, 0.717) is 29.7 Å². The number of carbonyl (C=O) groups excluding carboxylic acids is 4. The molecule has 3 heterocycles. The van der Waals surface area contributed by atoms with E-state index in [-0.39, 0.29) is 31.9 Å². The summed E-state index contributed by atoms with van der Waals surface area (Å²) < 4.78 is 45.9. The molecule has 2 aliphatic carbocycles. The van der Waals surface area contributed by atoms with Crippen molar-refractivity contribution in [3.05, 3.63) is 67.3 Å². The van der Waals surface area contributed by atoms with E-state index in [4.69, 9.17) is 19.2 Å². The van der Waals surface area contributed by atoms with Crippen LogP contribution in [-0.2, 0) is 29.1 Å². The first-order valence-electron chi connectivity index (χ1n) is 18.2. The van der Waals surface area contributed by atoms with Gasteiger partial charge in [0.2, 0.25) is 27.7 Å². The van der Waals surface area contributed by atoms with Gasteiger partial charge in [0.15, 0.2) is 0 Å². The third-order valence-corrected chi connectivity index (χ3v) is 12.2. The second-order valence-electron chi connectivity index (χ2n) is 15.7. The number of ether oxygens (including phenoxy) is 3. The highest BCUT2D eigenvalue weighted by Gasteiger charge is 2.62. The van der Waals surface area contributed by atoms with Crippen LogP contribution in [0.15, 0.2) is 67.3 Å². The molecule has 4 amide bonds. The number of aromatic nitrogens is 1. The first kappa shape index (κ1) is 37.1. The topological polar surface area (TPSA) is 182 Å². The Morgan fingerprint density at radius 3 is 2.54 bits per heavy atom. The Morgan fingerprint density at radius 1 is 1.07 bits per heavy atom. The number of cyclic esters (lactones) is 1. The van der Waals surface area contributed by atoms with E-state index >= 15 is 0 Å². The molecule has 3 aromatic rings. The second kappa shape index (κ2) is 13.9. The quantitative estimate of drug-likeness (QED) is 0.313. The molecule has 6 atom stereocenters. The number of nitrogens with one attached hydrogen (secondary N) is 3. The number of para-hydroxylation sites is 1. The first-order valence-corrected chi connectivity index (χ1v) is 19.7. The van der Waals surface area contributed by atoms with Crippen LogP contribution in [0, 0.1) is 11.3 Å². The van der Waals surface area contributed by atoms with Gasteiger partial charge in [-0.3, -0.25) is 19.1 Å². The zero-order valence-corrected chi connectivity index (χ0v) is 31.5. The van der Waals surface area contributed by atoms with Gasteiger partial charge in [-0.15, -0.1) is 6.58 Å². The third kappa shape index (κ3) is 7.46. The van der Waals surface area contributed by atoms with Gasteiger partial charge in [-0.1, -0.05) is 57.2 Å². The number of nitrogens with zero attached hydrogens (tertiary/aromatic N) is 2. The van der Waals surface area contributed by atoms with Crippen LogP contribution in [0.4, 0.5) is 4.79 Å². The van der Waals surface area contributed by atoms with Gasteiger partial charge in [0.1, 0.15) is 42.2 Å². The summed E-state index contributed by atoms with van der Waals surface area (Å²) in [6, 6.07) is 14.6. The molecule has 4 aliphatic rings. The number of pyridine rings is 1. The van der Waals surface area contributed by atoms with E-state index in [1.807, 2.05) is 48.5 Å². The average molecular weight is 760 g/mol. The van der Waals surface area contributed by atoms with E-state index < -0.39 is 80.3 Å². The van der Waals surface area contributed by atoms with Gasteiger partial charge in [0, 0.05) is 23.3 Å². The van der Waals surface area contributed by atoms with Crippen molar-refractivity contribution in [1.82, 2.24) is 25.2 Å². The van der Waals surface area contributed by atoms with Crippen LogP contribution in [-0.4, -0.2) is 90.3 Å². The van der Waals surface area contributed by atoms with Gasteiger partial charge in [0.25, 0.3) is 5.91 Å². The highest BCUT2D eigenvalue weighted by atomic mass is 32.2. The fraction of sp³-hybridized carbons (Fsp3) is 0.462. The fourth-order valence-corrected chi connectivity index (χ4v) is 8.48. The van der Waals surface area contributed by atoms with Gasteiger partial charge in [-0.25, -0.2) is 18.2 Å². The van der Waals surface area contributed by atoms with Crippen molar-refractivity contribution in [3.63, 3.8) is 0 Å². The number of sulfonamides is 1. The van der Waals surface area contributed by atoms with Crippen molar-refractivity contribution in [3.8, 4) is 22.8 Å². The molecule has 3 fully saturated rings. The van der Waals surface area contributed by atoms with E-state index in [0.717, 1.165) is 10.9 Å². The highest BCUT2D eigenvalue weighted by Crippen LogP contribution is 2.46. The number of carbonyl (C=O) groups is 4. The summed E-state index contributed by atoms with van der Waals surface area (Å²) in [5.41, 5.74) is -0.334. The number of amides is 4. The Labute approximate surface area is 314 Å². The Hall–Kier alpha value is -5.18. The molecule has 54 heavy (non-hydrogen) atoms. The monoisotopic (exact) mass is 759 g/mol. The maximum absolute atomic E-state index is 14.6. The third-order valence-electron chi connectivity index (χ3n) is 10.4. The van der Waals surface area contributed by atoms with Gasteiger partial charge < -0.3 is 29.7 Å². The number of hydrogen-bond acceptors (Lipinski definition) is 10. The van der Waals surface area contributed by atoms with Crippen LogP contribution in [0.2, 0.25) is 0 Å². The van der Waals surface area contributed by atoms with Crippen LogP contribution in [0.25, 0.3) is 22.0 Å². The fourth-order valence-electron chi connectivity index (χ4n) is 7.12. The van der Waals surface area contributed by atoms with E-state index in [1.165, 1.54) is 11.0 Å². The van der Waals surface area contributed by atoms with E-state index in [9.17, 15) is 27.6 Å². The molecule has 2 saturated carbocycles. The zero-order valence-electron chi connectivity index (χ0n) is 30.7. The van der Waals surface area contributed by atoms with E-state index in [2.05, 4.69) is 21.9 Å². The lowest BCUT2D eigenvalue weighted by Gasteiger charge is -2.35. The molecule has 2 aromatic carbocycles. The van der Waals surface area contributed by atoms with Crippen molar-refractivity contribution in [1.29, 1.82) is 0 Å². The summed E-state index contributed by atoms with van der Waals surface area (Å²) in [6.07, 6.45) is 0.409. The summed E-state index contributed by atoms with van der Waals surface area (Å²) in [4.78, 5) is 61.9. The number of rotatable bonds is 6. The maximum atomic E-state index is 14.6.